The third-order valence-corrected chi connectivity index (χ3v) is 1.69. The first-order valence-corrected chi connectivity index (χ1v) is 3.37. The molecule has 0 aromatic rings. The van der Waals surface area contributed by atoms with Gasteiger partial charge in [0.2, 0.25) is 0 Å². The van der Waals surface area contributed by atoms with Gasteiger partial charge >= 0.3 is 0 Å². The lowest BCUT2D eigenvalue weighted by Gasteiger charge is -2.07. The molecule has 2 aliphatic rings. The fourth-order valence-electron chi connectivity index (χ4n) is 0.956. The van der Waals surface area contributed by atoms with Crippen molar-refractivity contribution in [2.75, 3.05) is 0 Å². The van der Waals surface area contributed by atoms with Gasteiger partial charge in [0.05, 0.1) is 11.8 Å². The predicted molar refractivity (Wildman–Crippen MR) is 40.6 cm³/mol. The molecular weight excluding hydrogens is 150 g/mol. The Labute approximate surface area is 63.4 Å². The van der Waals surface area contributed by atoms with Crippen molar-refractivity contribution in [2.45, 2.75) is 6.04 Å². The quantitative estimate of drug-likeness (QED) is 0.535. The summed E-state index contributed by atoms with van der Waals surface area (Å²) < 4.78 is 0. The lowest BCUT2D eigenvalue weighted by Crippen LogP contribution is -2.33. The second kappa shape index (κ2) is 2.11. The maximum absolute atomic E-state index is 5.72. The molecular formula is C6H6ClN3. The van der Waals surface area contributed by atoms with E-state index < -0.39 is 0 Å². The number of hydrazine groups is 1. The van der Waals surface area contributed by atoms with Crippen LogP contribution >= 0.6 is 11.6 Å². The highest BCUT2D eigenvalue weighted by atomic mass is 35.5. The highest BCUT2D eigenvalue weighted by molar-refractivity contribution is 6.33. The molecule has 10 heavy (non-hydrogen) atoms. The first-order chi connectivity index (χ1) is 4.86. The zero-order chi connectivity index (χ0) is 6.97. The number of hydrogen-bond donors (Lipinski definition) is 2. The Balaban J connectivity index is 2.34. The van der Waals surface area contributed by atoms with Crippen LogP contribution in [0.5, 0.6) is 0 Å². The first-order valence-electron chi connectivity index (χ1n) is 3.00. The highest BCUT2D eigenvalue weighted by Crippen LogP contribution is 2.13. The molecule has 0 saturated heterocycles. The molecule has 0 spiro atoms. The molecule has 0 amide bonds. The third kappa shape index (κ3) is 0.836. The van der Waals surface area contributed by atoms with Crippen LogP contribution in [0.3, 0.4) is 0 Å². The topological polar surface area (TPSA) is 36.4 Å². The number of nitrogens with zero attached hydrogens (tertiary/aromatic N) is 1. The van der Waals surface area contributed by atoms with Gasteiger partial charge in [0.15, 0.2) is 0 Å². The number of rotatable bonds is 0. The number of allylic oxidation sites excluding steroid dienone is 2. The monoisotopic (exact) mass is 155 g/mol. The van der Waals surface area contributed by atoms with E-state index in [0.29, 0.717) is 0 Å². The zero-order valence-corrected chi connectivity index (χ0v) is 5.89. The van der Waals surface area contributed by atoms with Crippen LogP contribution in [-0.2, 0) is 0 Å². The largest absolute Gasteiger partial charge is 0.242 e. The minimum atomic E-state index is 0.197. The van der Waals surface area contributed by atoms with Gasteiger partial charge in [0.25, 0.3) is 0 Å². The minimum Gasteiger partial charge on any atom is -0.242 e. The molecule has 1 unspecified atom stereocenters. The van der Waals surface area contributed by atoms with Crippen LogP contribution in [0.1, 0.15) is 0 Å². The van der Waals surface area contributed by atoms with Crippen LogP contribution in [-0.4, -0.2) is 11.8 Å². The van der Waals surface area contributed by atoms with Crippen molar-refractivity contribution in [3.63, 3.8) is 0 Å². The molecule has 0 radical (unpaired) electrons. The van der Waals surface area contributed by atoms with E-state index in [-0.39, 0.29) is 6.04 Å². The average molecular weight is 156 g/mol. The highest BCUT2D eigenvalue weighted by Gasteiger charge is 2.18. The number of hydrogen-bond acceptors (Lipinski definition) is 3. The average Bonchev–Trinajstić information content (AvgIpc) is 2.33. The predicted octanol–water partition coefficient (Wildman–Crippen LogP) is 0.511. The van der Waals surface area contributed by atoms with Gasteiger partial charge in [-0.1, -0.05) is 17.7 Å². The van der Waals surface area contributed by atoms with Crippen molar-refractivity contribution >= 4 is 17.3 Å². The molecule has 4 heteroatoms. The Morgan fingerprint density at radius 3 is 3.40 bits per heavy atom. The summed E-state index contributed by atoms with van der Waals surface area (Å²) in [6, 6.07) is 0.197. The second-order valence-electron chi connectivity index (χ2n) is 2.16. The van der Waals surface area contributed by atoms with E-state index in [9.17, 15) is 0 Å². The number of nitrogens with one attached hydrogen (secondary N) is 2. The molecule has 0 saturated carbocycles. The second-order valence-corrected chi connectivity index (χ2v) is 2.60. The van der Waals surface area contributed by atoms with Gasteiger partial charge in [-0.05, 0) is 12.2 Å². The number of hydrazone groups is 1. The SMILES string of the molecule is ClC1=CC2=NNNC2C=C1. The van der Waals surface area contributed by atoms with Gasteiger partial charge in [-0.25, -0.2) is 11.0 Å². The van der Waals surface area contributed by atoms with Crippen molar-refractivity contribution in [3.8, 4) is 0 Å². The van der Waals surface area contributed by atoms with E-state index in [2.05, 4.69) is 16.1 Å². The molecule has 0 bridgehead atoms. The van der Waals surface area contributed by atoms with E-state index in [4.69, 9.17) is 11.6 Å². The van der Waals surface area contributed by atoms with Gasteiger partial charge in [-0.15, -0.1) is 0 Å². The molecule has 0 aromatic carbocycles. The summed E-state index contributed by atoms with van der Waals surface area (Å²) in [5.74, 6) is 0. The maximum Gasteiger partial charge on any atom is 0.0900 e. The molecule has 1 aliphatic carbocycles. The molecule has 0 fully saturated rings. The van der Waals surface area contributed by atoms with Crippen LogP contribution in [0, 0.1) is 0 Å². The van der Waals surface area contributed by atoms with Crippen molar-refractivity contribution in [2.24, 2.45) is 5.10 Å². The van der Waals surface area contributed by atoms with Gasteiger partial charge in [0.1, 0.15) is 0 Å². The van der Waals surface area contributed by atoms with Crippen LogP contribution in [0.25, 0.3) is 0 Å². The van der Waals surface area contributed by atoms with Crippen LogP contribution < -0.4 is 11.0 Å². The lowest BCUT2D eigenvalue weighted by molar-refractivity contribution is 0.608. The summed E-state index contributed by atoms with van der Waals surface area (Å²) in [5.41, 5.74) is 6.54. The molecule has 2 N–H and O–H groups in total. The summed E-state index contributed by atoms with van der Waals surface area (Å²) in [4.78, 5) is 0. The van der Waals surface area contributed by atoms with Gasteiger partial charge in [0, 0.05) is 5.03 Å². The fraction of sp³-hybridized carbons (Fsp3) is 0.167. The van der Waals surface area contributed by atoms with Crippen molar-refractivity contribution < 1.29 is 0 Å². The van der Waals surface area contributed by atoms with E-state index in [1.54, 1.807) is 0 Å². The molecule has 0 aromatic heterocycles. The molecule has 3 nitrogen and oxygen atoms in total. The third-order valence-electron chi connectivity index (χ3n) is 1.46. The molecule has 1 heterocycles. The Bertz CT molecular complexity index is 241. The minimum absolute atomic E-state index is 0.197. The summed E-state index contributed by atoms with van der Waals surface area (Å²) in [6.07, 6.45) is 5.64. The molecule has 52 valence electrons. The molecule has 2 rings (SSSR count). The Kier molecular flexibility index (Phi) is 1.25. The standard InChI is InChI=1S/C6H6ClN3/c7-4-1-2-5-6(3-4)9-10-8-5/h1-3,5,8,10H. The summed E-state index contributed by atoms with van der Waals surface area (Å²) in [5, 5.41) is 4.67. The maximum atomic E-state index is 5.72. The van der Waals surface area contributed by atoms with E-state index in [1.165, 1.54) is 0 Å². The summed E-state index contributed by atoms with van der Waals surface area (Å²) in [6.45, 7) is 0. The van der Waals surface area contributed by atoms with Crippen LogP contribution in [0.15, 0.2) is 28.4 Å². The van der Waals surface area contributed by atoms with E-state index in [0.717, 1.165) is 10.7 Å². The van der Waals surface area contributed by atoms with E-state index in [1.807, 2.05) is 18.2 Å². The van der Waals surface area contributed by atoms with Crippen molar-refractivity contribution in [1.29, 1.82) is 0 Å². The van der Waals surface area contributed by atoms with E-state index >= 15 is 0 Å². The smallest absolute Gasteiger partial charge is 0.0900 e. The van der Waals surface area contributed by atoms with Gasteiger partial charge in [-0.3, -0.25) is 0 Å². The lowest BCUT2D eigenvalue weighted by atomic mass is 10.1. The van der Waals surface area contributed by atoms with Crippen LogP contribution in [0.2, 0.25) is 0 Å². The van der Waals surface area contributed by atoms with Gasteiger partial charge in [-0.2, -0.15) is 5.10 Å². The number of fused-ring (bicyclic) bond motifs is 1. The summed E-state index contributed by atoms with van der Waals surface area (Å²) >= 11 is 5.72. The van der Waals surface area contributed by atoms with Crippen molar-refractivity contribution in [1.82, 2.24) is 11.0 Å². The zero-order valence-electron chi connectivity index (χ0n) is 5.13. The molecule has 1 aliphatic heterocycles. The molecule has 1 atom stereocenters. The Morgan fingerprint density at radius 1 is 1.60 bits per heavy atom. The normalized spacial score (nSPS) is 28.7. The Hall–Kier alpha value is -0.800. The van der Waals surface area contributed by atoms with Crippen molar-refractivity contribution in [3.05, 3.63) is 23.3 Å². The summed E-state index contributed by atoms with van der Waals surface area (Å²) in [7, 11) is 0. The number of halogens is 1. The Morgan fingerprint density at radius 2 is 2.50 bits per heavy atom. The van der Waals surface area contributed by atoms with Gasteiger partial charge < -0.3 is 0 Å². The first kappa shape index (κ1) is 5.95. The fourth-order valence-corrected chi connectivity index (χ4v) is 1.14. The van der Waals surface area contributed by atoms with Crippen LogP contribution in [0.4, 0.5) is 0 Å².